The summed E-state index contributed by atoms with van der Waals surface area (Å²) in [6.45, 7) is 3.89. The summed E-state index contributed by atoms with van der Waals surface area (Å²) in [5, 5.41) is 21.5. The summed E-state index contributed by atoms with van der Waals surface area (Å²) < 4.78 is 5.61. The summed E-state index contributed by atoms with van der Waals surface area (Å²) in [6, 6.07) is 20.4. The van der Waals surface area contributed by atoms with Gasteiger partial charge in [0.1, 0.15) is 11.5 Å². The van der Waals surface area contributed by atoms with Gasteiger partial charge >= 0.3 is 5.63 Å². The number of aliphatic hydroxyl groups excluding tert-OH is 1. The van der Waals surface area contributed by atoms with E-state index in [-0.39, 0.29) is 17.2 Å². The zero-order chi connectivity index (χ0) is 20.1. The third-order valence-electron chi connectivity index (χ3n) is 5.27. The van der Waals surface area contributed by atoms with E-state index in [2.05, 4.69) is 0 Å². The molecule has 3 rings (SSSR count). The monoisotopic (exact) mass is 378 g/mol. The lowest BCUT2D eigenvalue weighted by Crippen LogP contribution is -2.17. The van der Waals surface area contributed by atoms with Crippen molar-refractivity contribution in [3.63, 3.8) is 0 Å². The summed E-state index contributed by atoms with van der Waals surface area (Å²) in [7, 11) is 0. The number of hydrogen-bond acceptors (Lipinski definition) is 4. The smallest absolute Gasteiger partial charge is 0.343 e. The molecule has 146 valence electrons. The molecule has 0 radical (unpaired) electrons. The van der Waals surface area contributed by atoms with Crippen molar-refractivity contribution in [1.82, 2.24) is 0 Å². The Morgan fingerprint density at radius 2 is 1.46 bits per heavy atom. The van der Waals surface area contributed by atoms with Gasteiger partial charge in [-0.25, -0.2) is 4.79 Å². The van der Waals surface area contributed by atoms with E-state index >= 15 is 0 Å². The van der Waals surface area contributed by atoms with Crippen LogP contribution in [0.1, 0.15) is 67.1 Å². The first-order valence-electron chi connectivity index (χ1n) is 9.71. The van der Waals surface area contributed by atoms with Crippen LogP contribution in [0.3, 0.4) is 0 Å². The lowest BCUT2D eigenvalue weighted by Gasteiger charge is -2.22. The molecule has 0 amide bonds. The van der Waals surface area contributed by atoms with Crippen molar-refractivity contribution >= 4 is 0 Å². The number of benzene rings is 2. The molecule has 2 N–H and O–H groups in total. The van der Waals surface area contributed by atoms with E-state index in [4.69, 9.17) is 4.42 Å². The lowest BCUT2D eigenvalue weighted by atomic mass is 9.87. The first-order valence-corrected chi connectivity index (χ1v) is 9.71. The molecule has 4 nitrogen and oxygen atoms in total. The first-order chi connectivity index (χ1) is 13.6. The zero-order valence-corrected chi connectivity index (χ0v) is 16.2. The molecule has 0 unspecified atom stereocenters. The predicted molar refractivity (Wildman–Crippen MR) is 110 cm³/mol. The van der Waals surface area contributed by atoms with Gasteiger partial charge in [0.2, 0.25) is 0 Å². The molecule has 0 aliphatic heterocycles. The van der Waals surface area contributed by atoms with Crippen LogP contribution in [0, 0.1) is 0 Å². The van der Waals surface area contributed by atoms with Gasteiger partial charge in [0, 0.05) is 17.9 Å². The SMILES string of the molecule is CC[C@@H](c1ccccc1)c1c(O)cc([C@@H](CC)[C@H](O)c2ccccc2)oc1=O. The molecule has 0 spiro atoms. The Hall–Kier alpha value is -2.85. The molecule has 1 aromatic heterocycles. The molecule has 0 saturated heterocycles. The maximum atomic E-state index is 12.8. The first kappa shape index (κ1) is 19.9. The minimum absolute atomic E-state index is 0.0827. The highest BCUT2D eigenvalue weighted by atomic mass is 16.4. The van der Waals surface area contributed by atoms with E-state index in [1.807, 2.05) is 74.5 Å². The molecule has 2 aromatic carbocycles. The van der Waals surface area contributed by atoms with Crippen molar-refractivity contribution in [3.8, 4) is 5.75 Å². The summed E-state index contributed by atoms with van der Waals surface area (Å²) in [6.07, 6.45) is 0.398. The second-order valence-corrected chi connectivity index (χ2v) is 6.98. The van der Waals surface area contributed by atoms with Crippen LogP contribution < -0.4 is 5.63 Å². The van der Waals surface area contributed by atoms with Crippen LogP contribution in [0.2, 0.25) is 0 Å². The Labute approximate surface area is 165 Å². The van der Waals surface area contributed by atoms with Gasteiger partial charge in [-0.05, 0) is 24.0 Å². The quantitative estimate of drug-likeness (QED) is 0.599. The molecular formula is C24H26O4. The van der Waals surface area contributed by atoms with E-state index in [0.717, 1.165) is 11.1 Å². The second kappa shape index (κ2) is 8.89. The summed E-state index contributed by atoms with van der Waals surface area (Å²) in [4.78, 5) is 12.8. The zero-order valence-electron chi connectivity index (χ0n) is 16.2. The van der Waals surface area contributed by atoms with Crippen LogP contribution in [-0.2, 0) is 0 Å². The topological polar surface area (TPSA) is 70.7 Å². The van der Waals surface area contributed by atoms with E-state index in [1.165, 1.54) is 6.07 Å². The molecule has 0 saturated carbocycles. The van der Waals surface area contributed by atoms with E-state index in [1.54, 1.807) is 0 Å². The van der Waals surface area contributed by atoms with E-state index in [9.17, 15) is 15.0 Å². The van der Waals surface area contributed by atoms with Crippen molar-refractivity contribution in [2.45, 2.75) is 44.6 Å². The Morgan fingerprint density at radius 1 is 0.893 bits per heavy atom. The number of rotatable bonds is 7. The Kier molecular flexibility index (Phi) is 6.32. The van der Waals surface area contributed by atoms with Crippen molar-refractivity contribution in [2.24, 2.45) is 0 Å². The fourth-order valence-electron chi connectivity index (χ4n) is 3.77. The maximum absolute atomic E-state index is 12.8. The van der Waals surface area contributed by atoms with Gasteiger partial charge < -0.3 is 14.6 Å². The second-order valence-electron chi connectivity index (χ2n) is 6.98. The Morgan fingerprint density at radius 3 is 1.96 bits per heavy atom. The molecule has 28 heavy (non-hydrogen) atoms. The molecule has 0 aliphatic rings. The maximum Gasteiger partial charge on any atom is 0.343 e. The van der Waals surface area contributed by atoms with Gasteiger partial charge in [-0.3, -0.25) is 0 Å². The van der Waals surface area contributed by atoms with Gasteiger partial charge in [-0.2, -0.15) is 0 Å². The normalized spacial score (nSPS) is 14.4. The summed E-state index contributed by atoms with van der Waals surface area (Å²) in [5.74, 6) is -0.453. The van der Waals surface area contributed by atoms with Gasteiger partial charge in [-0.1, -0.05) is 74.5 Å². The minimum atomic E-state index is -0.823. The number of aliphatic hydroxyl groups is 1. The molecule has 0 bridgehead atoms. The van der Waals surface area contributed by atoms with Crippen molar-refractivity contribution in [1.29, 1.82) is 0 Å². The standard InChI is InChI=1S/C24H26O4/c1-3-18(16-11-7-5-8-12-16)22-20(25)15-21(28-24(22)27)19(4-2)23(26)17-13-9-6-10-14-17/h5-15,18-19,23,25-26H,3-4H2,1-2H3/t18-,19+,23+/m0/s1. The number of hydrogen-bond donors (Lipinski definition) is 2. The van der Waals surface area contributed by atoms with Crippen LogP contribution >= 0.6 is 0 Å². The van der Waals surface area contributed by atoms with Crippen molar-refractivity contribution in [3.05, 3.63) is 99.6 Å². The third-order valence-corrected chi connectivity index (χ3v) is 5.27. The van der Waals surface area contributed by atoms with Crippen LogP contribution in [0.5, 0.6) is 5.75 Å². The Bertz CT molecular complexity index is 947. The fourth-order valence-corrected chi connectivity index (χ4v) is 3.77. The van der Waals surface area contributed by atoms with E-state index in [0.29, 0.717) is 18.6 Å². The third kappa shape index (κ3) is 4.02. The van der Waals surface area contributed by atoms with Crippen molar-refractivity contribution in [2.75, 3.05) is 0 Å². The van der Waals surface area contributed by atoms with Crippen LogP contribution in [0.15, 0.2) is 75.9 Å². The van der Waals surface area contributed by atoms with Gasteiger partial charge in [0.15, 0.2) is 0 Å². The van der Waals surface area contributed by atoms with Crippen LogP contribution in [0.4, 0.5) is 0 Å². The highest BCUT2D eigenvalue weighted by Crippen LogP contribution is 2.37. The van der Waals surface area contributed by atoms with Crippen molar-refractivity contribution < 1.29 is 14.6 Å². The molecule has 3 atom stereocenters. The summed E-state index contributed by atoms with van der Waals surface area (Å²) in [5.41, 5.74) is 1.42. The highest BCUT2D eigenvalue weighted by molar-refractivity contribution is 5.40. The average Bonchev–Trinajstić information content (AvgIpc) is 2.72. The predicted octanol–water partition coefficient (Wildman–Crippen LogP) is 5.11. The molecule has 0 aliphatic carbocycles. The van der Waals surface area contributed by atoms with Crippen LogP contribution in [-0.4, -0.2) is 10.2 Å². The van der Waals surface area contributed by atoms with Crippen LogP contribution in [0.25, 0.3) is 0 Å². The van der Waals surface area contributed by atoms with Gasteiger partial charge in [0.05, 0.1) is 11.7 Å². The van der Waals surface area contributed by atoms with Gasteiger partial charge in [-0.15, -0.1) is 0 Å². The Balaban J connectivity index is 2.00. The molecular weight excluding hydrogens is 352 g/mol. The molecule has 1 heterocycles. The van der Waals surface area contributed by atoms with Gasteiger partial charge in [0.25, 0.3) is 0 Å². The fraction of sp³-hybridized carbons (Fsp3) is 0.292. The largest absolute Gasteiger partial charge is 0.507 e. The average molecular weight is 378 g/mol. The lowest BCUT2D eigenvalue weighted by molar-refractivity contribution is 0.129. The van der Waals surface area contributed by atoms with E-state index < -0.39 is 17.6 Å². The molecule has 3 aromatic rings. The molecule has 0 fully saturated rings. The molecule has 4 heteroatoms. The summed E-state index contributed by atoms with van der Waals surface area (Å²) >= 11 is 0. The highest BCUT2D eigenvalue weighted by Gasteiger charge is 2.27. The minimum Gasteiger partial charge on any atom is -0.507 e. The number of aromatic hydroxyl groups is 1.